The highest BCUT2D eigenvalue weighted by atomic mass is 35.5. The summed E-state index contributed by atoms with van der Waals surface area (Å²) in [5.41, 5.74) is 0.376. The number of hydrogen-bond acceptors (Lipinski definition) is 5. The summed E-state index contributed by atoms with van der Waals surface area (Å²) in [6.07, 6.45) is 2.09. The Labute approximate surface area is 92.5 Å². The van der Waals surface area contributed by atoms with Crippen LogP contribution in [0.4, 0.5) is 5.82 Å². The summed E-state index contributed by atoms with van der Waals surface area (Å²) in [7, 11) is 0. The van der Waals surface area contributed by atoms with Gasteiger partial charge < -0.3 is 10.2 Å². The number of aldehydes is 1. The Morgan fingerprint density at radius 2 is 2.13 bits per heavy atom. The van der Waals surface area contributed by atoms with Crippen LogP contribution in [0.15, 0.2) is 6.33 Å². The van der Waals surface area contributed by atoms with Gasteiger partial charge in [-0.3, -0.25) is 4.79 Å². The molecule has 0 spiro atoms. The Hall–Kier alpha value is -1.20. The van der Waals surface area contributed by atoms with Crippen molar-refractivity contribution in [1.29, 1.82) is 0 Å². The largest absolute Gasteiger partial charge is 0.353 e. The Kier molecular flexibility index (Phi) is 3.13. The highest BCUT2D eigenvalue weighted by molar-refractivity contribution is 6.32. The lowest BCUT2D eigenvalue weighted by Gasteiger charge is -2.29. The molecule has 2 rings (SSSR count). The van der Waals surface area contributed by atoms with Gasteiger partial charge in [-0.25, -0.2) is 9.97 Å². The lowest BCUT2D eigenvalue weighted by atomic mass is 10.3. The van der Waals surface area contributed by atoms with E-state index in [4.69, 9.17) is 11.6 Å². The van der Waals surface area contributed by atoms with Crippen molar-refractivity contribution in [2.24, 2.45) is 0 Å². The molecule has 0 aromatic carbocycles. The predicted molar refractivity (Wildman–Crippen MR) is 57.5 cm³/mol. The Balaban J connectivity index is 2.33. The average Bonchev–Trinajstić information content (AvgIpc) is 2.30. The summed E-state index contributed by atoms with van der Waals surface area (Å²) in [6, 6.07) is 0. The van der Waals surface area contributed by atoms with Gasteiger partial charge in [0.1, 0.15) is 17.3 Å². The normalized spacial score (nSPS) is 16.5. The molecule has 0 radical (unpaired) electrons. The zero-order valence-electron chi connectivity index (χ0n) is 8.11. The SMILES string of the molecule is O=Cc1c(Cl)ncnc1N1CCNCC1. The third-order valence-electron chi connectivity index (χ3n) is 2.35. The van der Waals surface area contributed by atoms with E-state index in [0.717, 1.165) is 26.2 Å². The molecule has 5 nitrogen and oxygen atoms in total. The molecule has 1 aliphatic heterocycles. The molecule has 1 N–H and O–H groups in total. The molecule has 6 heteroatoms. The highest BCUT2D eigenvalue weighted by Gasteiger charge is 2.17. The van der Waals surface area contributed by atoms with E-state index in [2.05, 4.69) is 15.3 Å². The van der Waals surface area contributed by atoms with Gasteiger partial charge in [-0.05, 0) is 0 Å². The number of nitrogens with one attached hydrogen (secondary N) is 1. The van der Waals surface area contributed by atoms with Gasteiger partial charge in [-0.15, -0.1) is 0 Å². The van der Waals surface area contributed by atoms with Crippen LogP contribution in [-0.4, -0.2) is 42.4 Å². The van der Waals surface area contributed by atoms with Gasteiger partial charge in [0.05, 0.1) is 5.56 Å². The monoisotopic (exact) mass is 226 g/mol. The maximum absolute atomic E-state index is 10.9. The summed E-state index contributed by atoms with van der Waals surface area (Å²) < 4.78 is 0. The first-order chi connectivity index (χ1) is 7.33. The number of carbonyl (C=O) groups is 1. The molecule has 0 bridgehead atoms. The number of nitrogens with zero attached hydrogens (tertiary/aromatic N) is 3. The fourth-order valence-electron chi connectivity index (χ4n) is 1.60. The van der Waals surface area contributed by atoms with Crippen LogP contribution >= 0.6 is 11.6 Å². The molecule has 2 heterocycles. The molecule has 1 fully saturated rings. The van der Waals surface area contributed by atoms with E-state index in [0.29, 0.717) is 17.7 Å². The molecule has 1 aliphatic rings. The van der Waals surface area contributed by atoms with E-state index in [-0.39, 0.29) is 5.15 Å². The van der Waals surface area contributed by atoms with E-state index < -0.39 is 0 Å². The van der Waals surface area contributed by atoms with E-state index >= 15 is 0 Å². The molecule has 0 saturated carbocycles. The molecule has 0 amide bonds. The van der Waals surface area contributed by atoms with Crippen LogP contribution in [0.1, 0.15) is 10.4 Å². The van der Waals surface area contributed by atoms with Gasteiger partial charge in [-0.1, -0.05) is 11.6 Å². The minimum atomic E-state index is 0.216. The number of rotatable bonds is 2. The third-order valence-corrected chi connectivity index (χ3v) is 2.65. The maximum atomic E-state index is 10.9. The fourth-order valence-corrected chi connectivity index (χ4v) is 1.77. The topological polar surface area (TPSA) is 58.1 Å². The minimum absolute atomic E-state index is 0.216. The molecule has 15 heavy (non-hydrogen) atoms. The van der Waals surface area contributed by atoms with Crippen molar-refractivity contribution in [3.8, 4) is 0 Å². The maximum Gasteiger partial charge on any atom is 0.156 e. The molecule has 0 aliphatic carbocycles. The Morgan fingerprint density at radius 3 is 2.80 bits per heavy atom. The lowest BCUT2D eigenvalue weighted by Crippen LogP contribution is -2.44. The van der Waals surface area contributed by atoms with Crippen molar-refractivity contribution in [2.75, 3.05) is 31.1 Å². The van der Waals surface area contributed by atoms with E-state index in [1.807, 2.05) is 4.90 Å². The number of carbonyl (C=O) groups excluding carboxylic acids is 1. The van der Waals surface area contributed by atoms with Crippen LogP contribution in [0.5, 0.6) is 0 Å². The number of anilines is 1. The number of halogens is 1. The lowest BCUT2D eigenvalue weighted by molar-refractivity contribution is 0.112. The first-order valence-corrected chi connectivity index (χ1v) is 5.12. The van der Waals surface area contributed by atoms with E-state index in [1.54, 1.807) is 0 Å². The van der Waals surface area contributed by atoms with Crippen LogP contribution in [0.2, 0.25) is 5.15 Å². The molecule has 0 atom stereocenters. The summed E-state index contributed by atoms with van der Waals surface area (Å²) in [6.45, 7) is 3.43. The average molecular weight is 227 g/mol. The van der Waals surface area contributed by atoms with Gasteiger partial charge in [0.2, 0.25) is 0 Å². The summed E-state index contributed by atoms with van der Waals surface area (Å²) in [5.74, 6) is 0.631. The molecule has 1 aromatic heterocycles. The molecule has 80 valence electrons. The van der Waals surface area contributed by atoms with Gasteiger partial charge >= 0.3 is 0 Å². The summed E-state index contributed by atoms with van der Waals surface area (Å²) >= 11 is 5.82. The van der Waals surface area contributed by atoms with Crippen LogP contribution in [0, 0.1) is 0 Å². The summed E-state index contributed by atoms with van der Waals surface area (Å²) in [4.78, 5) is 20.8. The summed E-state index contributed by atoms with van der Waals surface area (Å²) in [5, 5.41) is 3.45. The highest BCUT2D eigenvalue weighted by Crippen LogP contribution is 2.21. The van der Waals surface area contributed by atoms with Crippen molar-refractivity contribution >= 4 is 23.7 Å². The second-order valence-electron chi connectivity index (χ2n) is 3.26. The number of hydrogen-bond donors (Lipinski definition) is 1. The van der Waals surface area contributed by atoms with Crippen molar-refractivity contribution in [3.05, 3.63) is 17.0 Å². The first kappa shape index (κ1) is 10.3. The van der Waals surface area contributed by atoms with E-state index in [9.17, 15) is 4.79 Å². The minimum Gasteiger partial charge on any atom is -0.353 e. The van der Waals surface area contributed by atoms with Crippen molar-refractivity contribution in [3.63, 3.8) is 0 Å². The van der Waals surface area contributed by atoms with Crippen molar-refractivity contribution in [1.82, 2.24) is 15.3 Å². The second kappa shape index (κ2) is 4.55. The molecular weight excluding hydrogens is 216 g/mol. The van der Waals surface area contributed by atoms with Gasteiger partial charge in [0.15, 0.2) is 6.29 Å². The molecule has 1 saturated heterocycles. The zero-order chi connectivity index (χ0) is 10.7. The third kappa shape index (κ3) is 2.08. The van der Waals surface area contributed by atoms with Crippen LogP contribution in [-0.2, 0) is 0 Å². The zero-order valence-corrected chi connectivity index (χ0v) is 8.87. The fraction of sp³-hybridized carbons (Fsp3) is 0.444. The van der Waals surface area contributed by atoms with Crippen LogP contribution in [0.3, 0.4) is 0 Å². The number of aromatic nitrogens is 2. The standard InChI is InChI=1S/C9H11ClN4O/c10-8-7(5-15)9(13-6-12-8)14-3-1-11-2-4-14/h5-6,11H,1-4H2. The van der Waals surface area contributed by atoms with Gasteiger partial charge in [0, 0.05) is 26.2 Å². The van der Waals surface area contributed by atoms with Gasteiger partial charge in [-0.2, -0.15) is 0 Å². The van der Waals surface area contributed by atoms with Crippen molar-refractivity contribution < 1.29 is 4.79 Å². The molecule has 1 aromatic rings. The Morgan fingerprint density at radius 1 is 1.40 bits per heavy atom. The molecule has 0 unspecified atom stereocenters. The molecular formula is C9H11ClN4O. The van der Waals surface area contributed by atoms with Crippen LogP contribution in [0.25, 0.3) is 0 Å². The quantitative estimate of drug-likeness (QED) is 0.583. The number of piperazine rings is 1. The predicted octanol–water partition coefficient (Wildman–Crippen LogP) is 0.352. The van der Waals surface area contributed by atoms with Crippen molar-refractivity contribution in [2.45, 2.75) is 0 Å². The van der Waals surface area contributed by atoms with Crippen LogP contribution < -0.4 is 10.2 Å². The van der Waals surface area contributed by atoms with Gasteiger partial charge in [0.25, 0.3) is 0 Å². The Bertz CT molecular complexity index is 365. The second-order valence-corrected chi connectivity index (χ2v) is 3.61. The first-order valence-electron chi connectivity index (χ1n) is 4.74. The van der Waals surface area contributed by atoms with E-state index in [1.165, 1.54) is 6.33 Å². The smallest absolute Gasteiger partial charge is 0.156 e.